The van der Waals surface area contributed by atoms with E-state index in [2.05, 4.69) is 19.2 Å². The Morgan fingerprint density at radius 3 is 3.06 bits per heavy atom. The quantitative estimate of drug-likeness (QED) is 0.343. The molecule has 0 aliphatic heterocycles. The molecule has 0 saturated carbocycles. The molecular formula is C9H10ClN5OS. The Bertz CT molecular complexity index is 570. The van der Waals surface area contributed by atoms with Crippen LogP contribution in [0.3, 0.4) is 0 Å². The lowest BCUT2D eigenvalue weighted by Gasteiger charge is -2.14. The molecule has 1 unspecified atom stereocenters. The summed E-state index contributed by atoms with van der Waals surface area (Å²) in [6, 6.07) is 3.16. The highest BCUT2D eigenvalue weighted by Gasteiger charge is 2.14. The number of halogens is 1. The topological polar surface area (TPSA) is 96.4 Å². The van der Waals surface area contributed by atoms with Gasteiger partial charge in [0.15, 0.2) is 5.84 Å². The number of nitrogens with two attached hydrogens (primary N) is 1. The van der Waals surface area contributed by atoms with Crippen LogP contribution in [0.5, 0.6) is 0 Å². The minimum atomic E-state index is -0.357. The molecule has 0 radical (unpaired) electrons. The minimum absolute atomic E-state index is 0.0706. The fourth-order valence-electron chi connectivity index (χ4n) is 1.34. The highest BCUT2D eigenvalue weighted by atomic mass is 35.5. The maximum absolute atomic E-state index is 8.59. The second-order valence-corrected chi connectivity index (χ2v) is 4.38. The van der Waals surface area contributed by atoms with Gasteiger partial charge in [0.1, 0.15) is 11.0 Å². The van der Waals surface area contributed by atoms with Crippen LogP contribution in [0.4, 0.5) is 5.69 Å². The van der Waals surface area contributed by atoms with Crippen LogP contribution in [0, 0.1) is 0 Å². The second kappa shape index (κ2) is 4.72. The lowest BCUT2D eigenvalue weighted by Crippen LogP contribution is -2.33. The summed E-state index contributed by atoms with van der Waals surface area (Å²) in [6.07, 6.45) is 0. The zero-order valence-corrected chi connectivity index (χ0v) is 10.5. The van der Waals surface area contributed by atoms with E-state index in [1.165, 1.54) is 0 Å². The molecule has 0 saturated heterocycles. The Kier molecular flexibility index (Phi) is 3.30. The normalized spacial score (nSPS) is 13.9. The minimum Gasteiger partial charge on any atom is -0.409 e. The molecule has 0 fully saturated rings. The third-order valence-electron chi connectivity index (χ3n) is 2.30. The predicted molar refractivity (Wildman–Crippen MR) is 68.9 cm³/mol. The zero-order valence-electron chi connectivity index (χ0n) is 8.88. The number of hydrogen-bond acceptors (Lipinski definition) is 6. The van der Waals surface area contributed by atoms with E-state index in [0.717, 1.165) is 17.2 Å². The standard InChI is InChI=1S/C9H10ClN5OS/c1-4(9(11)13-16)12-7-5(10)2-3-6-8(7)15-17-14-6/h2-4,12,16H,1H3,(H2,11,13). The molecule has 0 aliphatic carbocycles. The van der Waals surface area contributed by atoms with E-state index in [1.807, 2.05) is 0 Å². The number of anilines is 1. The van der Waals surface area contributed by atoms with Crippen molar-refractivity contribution in [3.63, 3.8) is 0 Å². The number of fused-ring (bicyclic) bond motifs is 1. The van der Waals surface area contributed by atoms with Crippen LogP contribution in [-0.2, 0) is 0 Å². The molecule has 6 nitrogen and oxygen atoms in total. The summed E-state index contributed by atoms with van der Waals surface area (Å²) < 4.78 is 8.27. The number of oxime groups is 1. The van der Waals surface area contributed by atoms with E-state index in [9.17, 15) is 0 Å². The van der Waals surface area contributed by atoms with Crippen LogP contribution < -0.4 is 11.1 Å². The average molecular weight is 272 g/mol. The van der Waals surface area contributed by atoms with E-state index in [-0.39, 0.29) is 11.9 Å². The van der Waals surface area contributed by atoms with Gasteiger partial charge in [-0.2, -0.15) is 8.75 Å². The van der Waals surface area contributed by atoms with Crippen LogP contribution in [-0.4, -0.2) is 25.8 Å². The first-order chi connectivity index (χ1) is 8.13. The Hall–Kier alpha value is -1.60. The van der Waals surface area contributed by atoms with Gasteiger partial charge in [-0.15, -0.1) is 0 Å². The van der Waals surface area contributed by atoms with Crippen LogP contribution in [0.25, 0.3) is 11.0 Å². The second-order valence-electron chi connectivity index (χ2n) is 3.45. The Labute approximate surface area is 106 Å². The van der Waals surface area contributed by atoms with E-state index >= 15 is 0 Å². The lowest BCUT2D eigenvalue weighted by atomic mass is 10.2. The summed E-state index contributed by atoms with van der Waals surface area (Å²) in [5.41, 5.74) is 7.57. The number of rotatable bonds is 3. The van der Waals surface area contributed by atoms with Gasteiger partial charge >= 0.3 is 0 Å². The van der Waals surface area contributed by atoms with Gasteiger partial charge in [-0.25, -0.2) is 0 Å². The molecule has 90 valence electrons. The van der Waals surface area contributed by atoms with Crippen molar-refractivity contribution >= 4 is 45.9 Å². The molecule has 2 rings (SSSR count). The van der Waals surface area contributed by atoms with Crippen LogP contribution in [0.2, 0.25) is 5.02 Å². The zero-order chi connectivity index (χ0) is 12.4. The summed E-state index contributed by atoms with van der Waals surface area (Å²) in [5, 5.41) is 15.1. The molecule has 1 aromatic carbocycles. The first-order valence-electron chi connectivity index (χ1n) is 4.78. The summed E-state index contributed by atoms with van der Waals surface area (Å²) in [5.74, 6) is 0.0706. The van der Waals surface area contributed by atoms with Gasteiger partial charge in [0.2, 0.25) is 0 Å². The first kappa shape index (κ1) is 11.9. The third kappa shape index (κ3) is 2.25. The molecule has 1 atom stereocenters. The molecule has 0 spiro atoms. The number of nitrogens with one attached hydrogen (secondary N) is 1. The maximum atomic E-state index is 8.59. The Morgan fingerprint density at radius 2 is 2.35 bits per heavy atom. The highest BCUT2D eigenvalue weighted by Crippen LogP contribution is 2.30. The summed E-state index contributed by atoms with van der Waals surface area (Å²) >= 11 is 7.19. The number of nitrogens with zero attached hydrogens (tertiary/aromatic N) is 3. The molecule has 2 aromatic rings. The number of hydrogen-bond donors (Lipinski definition) is 3. The van der Waals surface area contributed by atoms with E-state index in [1.54, 1.807) is 19.1 Å². The van der Waals surface area contributed by atoms with Crippen molar-refractivity contribution in [3.05, 3.63) is 17.2 Å². The van der Waals surface area contributed by atoms with E-state index in [0.29, 0.717) is 16.2 Å². The van der Waals surface area contributed by atoms with Crippen molar-refractivity contribution < 1.29 is 5.21 Å². The van der Waals surface area contributed by atoms with Crippen molar-refractivity contribution in [2.24, 2.45) is 10.9 Å². The van der Waals surface area contributed by atoms with Crippen molar-refractivity contribution in [1.82, 2.24) is 8.75 Å². The molecule has 4 N–H and O–H groups in total. The monoisotopic (exact) mass is 271 g/mol. The molecule has 17 heavy (non-hydrogen) atoms. The van der Waals surface area contributed by atoms with Crippen molar-refractivity contribution in [2.45, 2.75) is 13.0 Å². The number of aromatic nitrogens is 2. The average Bonchev–Trinajstić information content (AvgIpc) is 2.80. The van der Waals surface area contributed by atoms with Gasteiger partial charge in [0.25, 0.3) is 0 Å². The Morgan fingerprint density at radius 1 is 1.59 bits per heavy atom. The molecule has 0 aliphatic rings. The van der Waals surface area contributed by atoms with Gasteiger partial charge in [0, 0.05) is 0 Å². The third-order valence-corrected chi connectivity index (χ3v) is 3.15. The largest absolute Gasteiger partial charge is 0.409 e. The summed E-state index contributed by atoms with van der Waals surface area (Å²) in [6.45, 7) is 1.75. The van der Waals surface area contributed by atoms with Gasteiger partial charge in [-0.3, -0.25) is 0 Å². The van der Waals surface area contributed by atoms with Crippen LogP contribution >= 0.6 is 23.3 Å². The fourth-order valence-corrected chi connectivity index (χ4v) is 2.09. The molecule has 1 aromatic heterocycles. The number of benzene rings is 1. The van der Waals surface area contributed by atoms with Crippen molar-refractivity contribution in [2.75, 3.05) is 5.32 Å². The first-order valence-corrected chi connectivity index (χ1v) is 5.89. The fraction of sp³-hybridized carbons (Fsp3) is 0.222. The van der Waals surface area contributed by atoms with E-state index in [4.69, 9.17) is 22.5 Å². The number of amidine groups is 1. The van der Waals surface area contributed by atoms with Crippen LogP contribution in [0.1, 0.15) is 6.92 Å². The molecule has 1 heterocycles. The summed E-state index contributed by atoms with van der Waals surface area (Å²) in [4.78, 5) is 0. The smallest absolute Gasteiger partial charge is 0.161 e. The highest BCUT2D eigenvalue weighted by molar-refractivity contribution is 7.00. The van der Waals surface area contributed by atoms with Crippen LogP contribution in [0.15, 0.2) is 17.3 Å². The van der Waals surface area contributed by atoms with Gasteiger partial charge in [-0.05, 0) is 19.1 Å². The lowest BCUT2D eigenvalue weighted by molar-refractivity contribution is 0.316. The van der Waals surface area contributed by atoms with Gasteiger partial charge in [0.05, 0.1) is 28.5 Å². The molecular weight excluding hydrogens is 262 g/mol. The molecule has 0 amide bonds. The predicted octanol–water partition coefficient (Wildman–Crippen LogP) is 1.89. The SMILES string of the molecule is CC(Nc1c(Cl)ccc2nsnc12)C(N)=NO. The Balaban J connectivity index is 2.41. The maximum Gasteiger partial charge on any atom is 0.161 e. The summed E-state index contributed by atoms with van der Waals surface area (Å²) in [7, 11) is 0. The van der Waals surface area contributed by atoms with Crippen molar-refractivity contribution in [1.29, 1.82) is 0 Å². The van der Waals surface area contributed by atoms with Gasteiger partial charge < -0.3 is 16.3 Å². The van der Waals surface area contributed by atoms with E-state index < -0.39 is 0 Å². The molecule has 0 bridgehead atoms. The van der Waals surface area contributed by atoms with Crippen molar-refractivity contribution in [3.8, 4) is 0 Å². The van der Waals surface area contributed by atoms with Gasteiger partial charge in [-0.1, -0.05) is 16.8 Å². The molecule has 8 heteroatoms.